The summed E-state index contributed by atoms with van der Waals surface area (Å²) >= 11 is 0. The lowest BCUT2D eigenvalue weighted by molar-refractivity contribution is 0.0690. The zero-order valence-corrected chi connectivity index (χ0v) is 6.50. The van der Waals surface area contributed by atoms with Crippen LogP contribution < -0.4 is 0 Å². The van der Waals surface area contributed by atoms with Crippen molar-refractivity contribution in [3.63, 3.8) is 0 Å². The molecule has 1 rings (SSSR count). The summed E-state index contributed by atoms with van der Waals surface area (Å²) in [6.45, 7) is 0. The number of aromatic amines is 1. The minimum absolute atomic E-state index is 0.218. The van der Waals surface area contributed by atoms with Crippen molar-refractivity contribution < 1.29 is 18.3 Å². The van der Waals surface area contributed by atoms with E-state index in [0.717, 1.165) is 6.20 Å². The van der Waals surface area contributed by atoms with Crippen molar-refractivity contribution in [1.82, 2.24) is 9.97 Å². The summed E-state index contributed by atoms with van der Waals surface area (Å²) in [5.74, 6) is -1.23. The Morgan fingerprint density at radius 2 is 2.25 bits per heavy atom. The highest BCUT2D eigenvalue weighted by Gasteiger charge is 2.00. The molecule has 1 heterocycles. The number of nitrogens with one attached hydrogen (secondary N) is 1. The summed E-state index contributed by atoms with van der Waals surface area (Å²) in [6.07, 6.45) is 1.10. The standard InChI is InChI=1S/C5H4N2O4S/c8-4(9)3-1-2-6-5(7-3)12(10)11/h1-2,7H,(H,8,9). The van der Waals surface area contributed by atoms with Gasteiger partial charge in [0.2, 0.25) is 0 Å². The lowest BCUT2D eigenvalue weighted by Gasteiger charge is -1.90. The summed E-state index contributed by atoms with van der Waals surface area (Å²) < 4.78 is 20.2. The monoisotopic (exact) mass is 188 g/mol. The number of hydrogen-bond donors (Lipinski definition) is 2. The predicted octanol–water partition coefficient (Wildman–Crippen LogP) is -0.481. The van der Waals surface area contributed by atoms with E-state index < -0.39 is 21.0 Å². The van der Waals surface area contributed by atoms with Gasteiger partial charge in [0.25, 0.3) is 15.1 Å². The van der Waals surface area contributed by atoms with Crippen LogP contribution in [0.15, 0.2) is 12.3 Å². The summed E-state index contributed by atoms with van der Waals surface area (Å²) in [5.41, 5.74) is -0.218. The van der Waals surface area contributed by atoms with Crippen LogP contribution in [-0.4, -0.2) is 29.5 Å². The molecular weight excluding hydrogens is 184 g/mol. The van der Waals surface area contributed by atoms with Gasteiger partial charge >= 0.3 is 5.97 Å². The average molecular weight is 188 g/mol. The number of hydrogen-bond acceptors (Lipinski definition) is 4. The van der Waals surface area contributed by atoms with Gasteiger partial charge in [0.15, 0.2) is 0 Å². The molecule has 0 bridgehead atoms. The maximum atomic E-state index is 10.3. The van der Waals surface area contributed by atoms with Gasteiger partial charge in [-0.15, -0.1) is 0 Å². The zero-order chi connectivity index (χ0) is 9.14. The topological polar surface area (TPSA) is 100 Å². The molecule has 1 aromatic rings. The van der Waals surface area contributed by atoms with Crippen molar-refractivity contribution in [3.05, 3.63) is 22.7 Å². The molecule has 0 aliphatic carbocycles. The highest BCUT2D eigenvalue weighted by molar-refractivity contribution is 7.63. The summed E-state index contributed by atoms with van der Waals surface area (Å²) in [6, 6.07) is 1.17. The number of nitrogens with zero attached hydrogens (tertiary/aromatic N) is 1. The third-order valence-electron chi connectivity index (χ3n) is 1.06. The lowest BCUT2D eigenvalue weighted by atomic mass is 10.4. The number of rotatable bonds is 1. The van der Waals surface area contributed by atoms with E-state index in [4.69, 9.17) is 5.11 Å². The minimum Gasteiger partial charge on any atom is -0.477 e. The van der Waals surface area contributed by atoms with Crippen molar-refractivity contribution >= 4 is 16.3 Å². The number of carboxylic acid groups (broad SMARTS) is 1. The Morgan fingerprint density at radius 3 is 2.75 bits per heavy atom. The largest absolute Gasteiger partial charge is 0.477 e. The van der Waals surface area contributed by atoms with E-state index in [1.54, 1.807) is 0 Å². The molecule has 0 radical (unpaired) electrons. The Morgan fingerprint density at radius 1 is 1.58 bits per heavy atom. The summed E-state index contributed by atoms with van der Waals surface area (Å²) in [7, 11) is -2.54. The van der Waals surface area contributed by atoms with Crippen LogP contribution in [0.4, 0.5) is 0 Å². The smallest absolute Gasteiger partial charge is 0.352 e. The van der Waals surface area contributed by atoms with Gasteiger partial charge in [0, 0.05) is 6.20 Å². The Hall–Kier alpha value is -1.63. The first-order chi connectivity index (χ1) is 5.61. The molecular formula is C5H4N2O4S. The highest BCUT2D eigenvalue weighted by atomic mass is 32.2. The molecule has 7 heteroatoms. The van der Waals surface area contributed by atoms with Gasteiger partial charge < -0.3 is 10.1 Å². The number of H-pyrrole nitrogens is 1. The molecule has 0 aromatic carbocycles. The quantitative estimate of drug-likeness (QED) is 0.579. The molecule has 0 amide bonds. The van der Waals surface area contributed by atoms with Crippen LogP contribution in [0.3, 0.4) is 0 Å². The third-order valence-corrected chi connectivity index (χ3v) is 1.59. The van der Waals surface area contributed by atoms with Gasteiger partial charge in [-0.2, -0.15) is 8.42 Å². The van der Waals surface area contributed by atoms with E-state index in [9.17, 15) is 13.2 Å². The average Bonchev–Trinajstić information content (AvgIpc) is 2.04. The van der Waals surface area contributed by atoms with Crippen LogP contribution >= 0.6 is 0 Å². The minimum atomic E-state index is -2.54. The molecule has 0 spiro atoms. The highest BCUT2D eigenvalue weighted by Crippen LogP contribution is 1.89. The predicted molar refractivity (Wildman–Crippen MR) is 37.7 cm³/mol. The maximum absolute atomic E-state index is 10.3. The second-order valence-electron chi connectivity index (χ2n) is 1.83. The molecule has 0 atom stereocenters. The number of carboxylic acids is 1. The van der Waals surface area contributed by atoms with Crippen LogP contribution in [0.2, 0.25) is 0 Å². The number of aromatic nitrogens is 2. The molecule has 0 fully saturated rings. The lowest BCUT2D eigenvalue weighted by Crippen LogP contribution is -2.01. The maximum Gasteiger partial charge on any atom is 0.352 e. The molecule has 6 nitrogen and oxygen atoms in total. The molecule has 64 valence electrons. The van der Waals surface area contributed by atoms with Crippen LogP contribution in [0, 0.1) is 4.77 Å². The molecule has 0 aliphatic rings. The zero-order valence-electron chi connectivity index (χ0n) is 5.68. The Labute approximate surface area is 68.1 Å². The van der Waals surface area contributed by atoms with Gasteiger partial charge in [0.1, 0.15) is 5.69 Å². The SMILES string of the molecule is O=C(O)c1ccnc(=S(=O)=O)[nH]1. The van der Waals surface area contributed by atoms with Crippen molar-refractivity contribution in [2.24, 2.45) is 0 Å². The molecule has 2 N–H and O–H groups in total. The third kappa shape index (κ3) is 1.70. The second kappa shape index (κ2) is 3.18. The fourth-order valence-corrected chi connectivity index (χ4v) is 0.918. The van der Waals surface area contributed by atoms with Crippen LogP contribution in [0.25, 0.3) is 0 Å². The first-order valence-corrected chi connectivity index (χ1v) is 3.89. The first-order valence-electron chi connectivity index (χ1n) is 2.82. The van der Waals surface area contributed by atoms with Gasteiger partial charge in [-0.05, 0) is 6.07 Å². The van der Waals surface area contributed by atoms with E-state index in [2.05, 4.69) is 9.97 Å². The van der Waals surface area contributed by atoms with Crippen LogP contribution in [0.5, 0.6) is 0 Å². The molecule has 0 saturated carbocycles. The van der Waals surface area contributed by atoms with Gasteiger partial charge in [0.05, 0.1) is 0 Å². The normalized spacial score (nSPS) is 9.33. The van der Waals surface area contributed by atoms with Crippen molar-refractivity contribution in [2.45, 2.75) is 0 Å². The number of carbonyl (C=O) groups is 1. The summed E-state index contributed by atoms with van der Waals surface area (Å²) in [4.78, 5) is 15.8. The number of aromatic carboxylic acids is 1. The fraction of sp³-hybridized carbons (Fsp3) is 0. The Bertz CT molecular complexity index is 464. The van der Waals surface area contributed by atoms with Crippen molar-refractivity contribution in [1.29, 1.82) is 0 Å². The van der Waals surface area contributed by atoms with Crippen LogP contribution in [-0.2, 0) is 10.3 Å². The van der Waals surface area contributed by atoms with Gasteiger partial charge in [-0.25, -0.2) is 9.78 Å². The van der Waals surface area contributed by atoms with Crippen molar-refractivity contribution in [3.8, 4) is 0 Å². The van der Waals surface area contributed by atoms with Crippen LogP contribution in [0.1, 0.15) is 10.5 Å². The second-order valence-corrected chi connectivity index (χ2v) is 2.68. The molecule has 0 aliphatic heterocycles. The van der Waals surface area contributed by atoms with E-state index in [1.807, 2.05) is 0 Å². The van der Waals surface area contributed by atoms with E-state index >= 15 is 0 Å². The molecule has 12 heavy (non-hydrogen) atoms. The van der Waals surface area contributed by atoms with Gasteiger partial charge in [-0.1, -0.05) is 0 Å². The molecule has 1 aromatic heterocycles. The Balaban J connectivity index is 3.53. The fourth-order valence-electron chi connectivity index (χ4n) is 0.578. The van der Waals surface area contributed by atoms with Crippen molar-refractivity contribution in [2.75, 3.05) is 0 Å². The van der Waals surface area contributed by atoms with E-state index in [-0.39, 0.29) is 5.69 Å². The Kier molecular flexibility index (Phi) is 2.24. The molecule has 0 unspecified atom stereocenters. The van der Waals surface area contributed by atoms with Gasteiger partial charge in [-0.3, -0.25) is 0 Å². The first kappa shape index (κ1) is 8.47. The van der Waals surface area contributed by atoms with E-state index in [1.165, 1.54) is 6.07 Å². The molecule has 0 saturated heterocycles. The van der Waals surface area contributed by atoms with E-state index in [0.29, 0.717) is 0 Å². The summed E-state index contributed by atoms with van der Waals surface area (Å²) in [5, 5.41) is 8.43.